The van der Waals surface area contributed by atoms with Gasteiger partial charge in [0.15, 0.2) is 0 Å². The summed E-state index contributed by atoms with van der Waals surface area (Å²) in [5, 5.41) is 3.71. The van der Waals surface area contributed by atoms with Crippen molar-refractivity contribution in [1.82, 2.24) is 5.32 Å². The Kier molecular flexibility index (Phi) is 6.60. The average molecular weight is 328 g/mol. The minimum absolute atomic E-state index is 0.774. The van der Waals surface area contributed by atoms with Gasteiger partial charge in [-0.3, -0.25) is 0 Å². The lowest BCUT2D eigenvalue weighted by atomic mass is 10.1. The van der Waals surface area contributed by atoms with Crippen LogP contribution in [0.2, 0.25) is 0 Å². The standard InChI is InChI=1S/C15H22BrNS/c16-13-6-5-9-15(12-13)18-11-10-17-14-7-3-1-2-4-8-14/h5-6,9,12,14,17H,1-4,7-8,10-11H2. The SMILES string of the molecule is Brc1cccc(SCCNC2CCCCCC2)c1. The minimum atomic E-state index is 0.774. The zero-order valence-corrected chi connectivity index (χ0v) is 13.2. The van der Waals surface area contributed by atoms with E-state index >= 15 is 0 Å². The van der Waals surface area contributed by atoms with E-state index in [0.717, 1.165) is 18.3 Å². The summed E-state index contributed by atoms with van der Waals surface area (Å²) in [5.74, 6) is 1.16. The van der Waals surface area contributed by atoms with E-state index in [0.29, 0.717) is 0 Å². The Labute approximate surface area is 123 Å². The Morgan fingerprint density at radius 3 is 2.67 bits per heavy atom. The highest BCUT2D eigenvalue weighted by Gasteiger charge is 2.10. The van der Waals surface area contributed by atoms with Gasteiger partial charge < -0.3 is 5.32 Å². The lowest BCUT2D eigenvalue weighted by Crippen LogP contribution is -2.30. The summed E-state index contributed by atoms with van der Waals surface area (Å²) in [6.45, 7) is 1.13. The highest BCUT2D eigenvalue weighted by molar-refractivity contribution is 9.10. The van der Waals surface area contributed by atoms with Gasteiger partial charge in [0.05, 0.1) is 0 Å². The fraction of sp³-hybridized carbons (Fsp3) is 0.600. The van der Waals surface area contributed by atoms with Crippen LogP contribution in [0.1, 0.15) is 38.5 Å². The van der Waals surface area contributed by atoms with Gasteiger partial charge in [-0.15, -0.1) is 11.8 Å². The highest BCUT2D eigenvalue weighted by Crippen LogP contribution is 2.22. The van der Waals surface area contributed by atoms with Gasteiger partial charge in [-0.2, -0.15) is 0 Å². The summed E-state index contributed by atoms with van der Waals surface area (Å²) in [6, 6.07) is 9.33. The Hall–Kier alpha value is 0.01000. The normalized spacial score (nSPS) is 17.6. The first-order chi connectivity index (χ1) is 8.84. The van der Waals surface area contributed by atoms with Crippen LogP contribution in [-0.2, 0) is 0 Å². The number of thioether (sulfide) groups is 1. The minimum Gasteiger partial charge on any atom is -0.313 e. The Morgan fingerprint density at radius 1 is 1.17 bits per heavy atom. The van der Waals surface area contributed by atoms with Crippen LogP contribution in [-0.4, -0.2) is 18.3 Å². The van der Waals surface area contributed by atoms with Crippen molar-refractivity contribution in [2.75, 3.05) is 12.3 Å². The quantitative estimate of drug-likeness (QED) is 0.471. The number of rotatable bonds is 5. The lowest BCUT2D eigenvalue weighted by molar-refractivity contribution is 0.474. The molecule has 1 aromatic carbocycles. The molecular weight excluding hydrogens is 306 g/mol. The third kappa shape index (κ3) is 5.33. The number of nitrogens with one attached hydrogen (secondary N) is 1. The van der Waals surface area contributed by atoms with Gasteiger partial charge in [0.25, 0.3) is 0 Å². The molecule has 0 spiro atoms. The van der Waals surface area contributed by atoms with Crippen molar-refractivity contribution >= 4 is 27.7 Å². The molecule has 0 atom stereocenters. The van der Waals surface area contributed by atoms with Gasteiger partial charge >= 0.3 is 0 Å². The van der Waals surface area contributed by atoms with E-state index in [1.165, 1.54) is 47.9 Å². The molecule has 1 saturated carbocycles. The van der Waals surface area contributed by atoms with E-state index in [1.807, 2.05) is 11.8 Å². The number of hydrogen-bond donors (Lipinski definition) is 1. The highest BCUT2D eigenvalue weighted by atomic mass is 79.9. The van der Waals surface area contributed by atoms with E-state index in [1.54, 1.807) is 0 Å². The van der Waals surface area contributed by atoms with Crippen molar-refractivity contribution < 1.29 is 0 Å². The Balaban J connectivity index is 1.63. The van der Waals surface area contributed by atoms with E-state index in [2.05, 4.69) is 45.5 Å². The number of halogens is 1. The Morgan fingerprint density at radius 2 is 1.94 bits per heavy atom. The fourth-order valence-electron chi connectivity index (χ4n) is 2.47. The van der Waals surface area contributed by atoms with E-state index in [9.17, 15) is 0 Å². The van der Waals surface area contributed by atoms with E-state index in [-0.39, 0.29) is 0 Å². The van der Waals surface area contributed by atoms with Crippen LogP contribution in [0.25, 0.3) is 0 Å². The van der Waals surface area contributed by atoms with Crippen molar-refractivity contribution in [3.8, 4) is 0 Å². The fourth-order valence-corrected chi connectivity index (χ4v) is 3.86. The summed E-state index contributed by atoms with van der Waals surface area (Å²) in [6.07, 6.45) is 8.45. The zero-order valence-electron chi connectivity index (χ0n) is 10.8. The van der Waals surface area contributed by atoms with Gasteiger partial charge in [0.2, 0.25) is 0 Å². The van der Waals surface area contributed by atoms with Crippen LogP contribution >= 0.6 is 27.7 Å². The average Bonchev–Trinajstić information content (AvgIpc) is 2.63. The molecule has 0 aliphatic heterocycles. The van der Waals surface area contributed by atoms with Crippen LogP contribution in [0.15, 0.2) is 33.6 Å². The third-order valence-electron chi connectivity index (χ3n) is 3.46. The predicted molar refractivity (Wildman–Crippen MR) is 84.4 cm³/mol. The van der Waals surface area contributed by atoms with Crippen molar-refractivity contribution in [3.63, 3.8) is 0 Å². The van der Waals surface area contributed by atoms with Crippen LogP contribution in [0, 0.1) is 0 Å². The first kappa shape index (κ1) is 14.4. The maximum absolute atomic E-state index is 3.71. The summed E-state index contributed by atoms with van der Waals surface area (Å²) < 4.78 is 1.17. The summed E-state index contributed by atoms with van der Waals surface area (Å²) >= 11 is 5.45. The molecular formula is C15H22BrNS. The number of benzene rings is 1. The molecule has 1 aliphatic carbocycles. The molecule has 3 heteroatoms. The smallest absolute Gasteiger partial charge is 0.0186 e. The van der Waals surface area contributed by atoms with Crippen LogP contribution in [0.4, 0.5) is 0 Å². The van der Waals surface area contributed by atoms with E-state index < -0.39 is 0 Å². The maximum Gasteiger partial charge on any atom is 0.0186 e. The largest absolute Gasteiger partial charge is 0.313 e. The molecule has 100 valence electrons. The van der Waals surface area contributed by atoms with Crippen LogP contribution in [0.5, 0.6) is 0 Å². The lowest BCUT2D eigenvalue weighted by Gasteiger charge is -2.15. The predicted octanol–water partition coefficient (Wildman–Crippen LogP) is 4.85. The monoisotopic (exact) mass is 327 g/mol. The zero-order chi connectivity index (χ0) is 12.6. The summed E-state index contributed by atoms with van der Waals surface area (Å²) in [7, 11) is 0. The summed E-state index contributed by atoms with van der Waals surface area (Å²) in [4.78, 5) is 1.35. The molecule has 0 saturated heterocycles. The molecule has 2 rings (SSSR count). The molecule has 1 aliphatic rings. The molecule has 0 radical (unpaired) electrons. The van der Waals surface area contributed by atoms with Crippen molar-refractivity contribution in [3.05, 3.63) is 28.7 Å². The molecule has 1 fully saturated rings. The van der Waals surface area contributed by atoms with Crippen LogP contribution < -0.4 is 5.32 Å². The summed E-state index contributed by atoms with van der Waals surface area (Å²) in [5.41, 5.74) is 0. The molecule has 1 N–H and O–H groups in total. The first-order valence-corrected chi connectivity index (χ1v) is 8.74. The van der Waals surface area contributed by atoms with E-state index in [4.69, 9.17) is 0 Å². The van der Waals surface area contributed by atoms with Crippen molar-refractivity contribution in [1.29, 1.82) is 0 Å². The Bertz CT molecular complexity index is 348. The van der Waals surface area contributed by atoms with Gasteiger partial charge in [-0.1, -0.05) is 47.7 Å². The van der Waals surface area contributed by atoms with Gasteiger partial charge in [0.1, 0.15) is 0 Å². The van der Waals surface area contributed by atoms with Crippen LogP contribution in [0.3, 0.4) is 0 Å². The molecule has 0 aromatic heterocycles. The molecule has 1 aromatic rings. The maximum atomic E-state index is 3.71. The molecule has 0 heterocycles. The molecule has 18 heavy (non-hydrogen) atoms. The van der Waals surface area contributed by atoms with Crippen molar-refractivity contribution in [2.24, 2.45) is 0 Å². The van der Waals surface area contributed by atoms with Gasteiger partial charge in [-0.05, 0) is 31.0 Å². The third-order valence-corrected chi connectivity index (χ3v) is 4.94. The van der Waals surface area contributed by atoms with Crippen molar-refractivity contribution in [2.45, 2.75) is 49.5 Å². The number of hydrogen-bond acceptors (Lipinski definition) is 2. The second kappa shape index (κ2) is 8.23. The van der Waals surface area contributed by atoms with Gasteiger partial charge in [0, 0.05) is 27.7 Å². The topological polar surface area (TPSA) is 12.0 Å². The first-order valence-electron chi connectivity index (χ1n) is 6.96. The van der Waals surface area contributed by atoms with Gasteiger partial charge in [-0.25, -0.2) is 0 Å². The second-order valence-corrected chi connectivity index (χ2v) is 7.03. The molecule has 0 amide bonds. The molecule has 0 bridgehead atoms. The molecule has 0 unspecified atom stereocenters. The second-order valence-electron chi connectivity index (χ2n) is 4.95. The molecule has 1 nitrogen and oxygen atoms in total.